The Labute approximate surface area is 145 Å². The molecule has 6 heteroatoms. The van der Waals surface area contributed by atoms with E-state index in [-0.39, 0.29) is 11.9 Å². The molecule has 0 amide bonds. The molecular weight excluding hydrogens is 386 g/mol. The first-order valence-corrected chi connectivity index (χ1v) is 8.08. The van der Waals surface area contributed by atoms with Gasteiger partial charge in [-0.05, 0) is 35.0 Å². The van der Waals surface area contributed by atoms with Crippen molar-refractivity contribution in [2.24, 2.45) is 0 Å². The summed E-state index contributed by atoms with van der Waals surface area (Å²) in [6, 6.07) is 9.15. The maximum absolute atomic E-state index is 13.9. The highest BCUT2D eigenvalue weighted by Gasteiger charge is 2.15. The maximum Gasteiger partial charge on any atom is 0.139 e. The Balaban J connectivity index is 2.07. The number of nitrogens with one attached hydrogen (secondary N) is 1. The average molecular weight is 398 g/mol. The molecule has 0 bridgehead atoms. The first kappa shape index (κ1) is 16.1. The Bertz CT molecular complexity index is 886. The zero-order valence-electron chi connectivity index (χ0n) is 12.1. The van der Waals surface area contributed by atoms with Gasteiger partial charge in [-0.3, -0.25) is 4.98 Å². The van der Waals surface area contributed by atoms with Crippen LogP contribution in [0.3, 0.4) is 0 Å². The van der Waals surface area contributed by atoms with Crippen molar-refractivity contribution >= 4 is 44.1 Å². The Morgan fingerprint density at radius 1 is 1.17 bits per heavy atom. The zero-order chi connectivity index (χ0) is 16.6. The predicted octanol–water partition coefficient (Wildman–Crippen LogP) is 6.10. The SMILES string of the molecule is CC(Nc1c(Cl)cnc2cc(F)c(Br)cc12)c1ccccc1F. The molecule has 2 nitrogen and oxygen atoms in total. The Kier molecular flexibility index (Phi) is 4.50. The molecule has 1 N–H and O–H groups in total. The van der Waals surface area contributed by atoms with Crippen molar-refractivity contribution in [3.63, 3.8) is 0 Å². The number of rotatable bonds is 3. The summed E-state index contributed by atoms with van der Waals surface area (Å²) in [7, 11) is 0. The van der Waals surface area contributed by atoms with E-state index in [0.29, 0.717) is 31.6 Å². The predicted molar refractivity (Wildman–Crippen MR) is 92.8 cm³/mol. The van der Waals surface area contributed by atoms with Crippen molar-refractivity contribution in [2.45, 2.75) is 13.0 Å². The highest BCUT2D eigenvalue weighted by molar-refractivity contribution is 9.10. The van der Waals surface area contributed by atoms with E-state index in [4.69, 9.17) is 11.6 Å². The molecule has 0 aliphatic carbocycles. The van der Waals surface area contributed by atoms with Gasteiger partial charge in [0.1, 0.15) is 11.6 Å². The second-order valence-corrected chi connectivity index (χ2v) is 6.41. The van der Waals surface area contributed by atoms with Crippen LogP contribution in [-0.4, -0.2) is 4.98 Å². The molecule has 118 valence electrons. The topological polar surface area (TPSA) is 24.9 Å². The second-order valence-electron chi connectivity index (χ2n) is 5.15. The highest BCUT2D eigenvalue weighted by atomic mass is 79.9. The van der Waals surface area contributed by atoms with Crippen molar-refractivity contribution in [3.05, 3.63) is 69.3 Å². The van der Waals surface area contributed by atoms with Gasteiger partial charge in [0, 0.05) is 23.2 Å². The van der Waals surface area contributed by atoms with Crippen LogP contribution in [0.25, 0.3) is 10.9 Å². The molecule has 1 aromatic heterocycles. The summed E-state index contributed by atoms with van der Waals surface area (Å²) in [6.07, 6.45) is 1.45. The third-order valence-corrected chi connectivity index (χ3v) is 4.49. The van der Waals surface area contributed by atoms with E-state index in [2.05, 4.69) is 26.2 Å². The van der Waals surface area contributed by atoms with Crippen LogP contribution >= 0.6 is 27.5 Å². The molecular formula is C17H12BrClF2N2. The van der Waals surface area contributed by atoms with E-state index >= 15 is 0 Å². The minimum atomic E-state index is -0.402. The smallest absolute Gasteiger partial charge is 0.139 e. The van der Waals surface area contributed by atoms with Crippen LogP contribution in [0.15, 0.2) is 47.1 Å². The van der Waals surface area contributed by atoms with Gasteiger partial charge in [0.25, 0.3) is 0 Å². The molecule has 0 saturated carbocycles. The molecule has 0 fully saturated rings. The maximum atomic E-state index is 13.9. The van der Waals surface area contributed by atoms with Gasteiger partial charge in [0.05, 0.1) is 26.7 Å². The van der Waals surface area contributed by atoms with Crippen molar-refractivity contribution in [1.29, 1.82) is 0 Å². The fraction of sp³-hybridized carbons (Fsp3) is 0.118. The van der Waals surface area contributed by atoms with Crippen LogP contribution < -0.4 is 5.32 Å². The number of benzene rings is 2. The van der Waals surface area contributed by atoms with E-state index in [0.717, 1.165) is 0 Å². The molecule has 0 saturated heterocycles. The fourth-order valence-corrected chi connectivity index (χ4v) is 2.98. The fourth-order valence-electron chi connectivity index (χ4n) is 2.43. The van der Waals surface area contributed by atoms with Crippen LogP contribution in [0.2, 0.25) is 5.02 Å². The molecule has 23 heavy (non-hydrogen) atoms. The number of hydrogen-bond acceptors (Lipinski definition) is 2. The third-order valence-electron chi connectivity index (χ3n) is 3.60. The lowest BCUT2D eigenvalue weighted by atomic mass is 10.1. The summed E-state index contributed by atoms with van der Waals surface area (Å²) >= 11 is 9.40. The van der Waals surface area contributed by atoms with Crippen LogP contribution in [-0.2, 0) is 0 Å². The minimum Gasteiger partial charge on any atom is -0.377 e. The summed E-state index contributed by atoms with van der Waals surface area (Å²) in [4.78, 5) is 4.13. The Morgan fingerprint density at radius 2 is 1.91 bits per heavy atom. The lowest BCUT2D eigenvalue weighted by molar-refractivity contribution is 0.600. The number of fused-ring (bicyclic) bond motifs is 1. The molecule has 3 aromatic rings. The van der Waals surface area contributed by atoms with Gasteiger partial charge in [0.2, 0.25) is 0 Å². The molecule has 3 rings (SSSR count). The van der Waals surface area contributed by atoms with Gasteiger partial charge < -0.3 is 5.32 Å². The molecule has 0 aliphatic rings. The van der Waals surface area contributed by atoms with Crippen LogP contribution in [0.4, 0.5) is 14.5 Å². The number of hydrogen-bond donors (Lipinski definition) is 1. The van der Waals surface area contributed by atoms with Gasteiger partial charge in [0.15, 0.2) is 0 Å². The van der Waals surface area contributed by atoms with Crippen LogP contribution in [0.5, 0.6) is 0 Å². The average Bonchev–Trinajstić information content (AvgIpc) is 2.52. The Morgan fingerprint density at radius 3 is 2.65 bits per heavy atom. The van der Waals surface area contributed by atoms with Gasteiger partial charge in [-0.15, -0.1) is 0 Å². The van der Waals surface area contributed by atoms with E-state index in [1.54, 1.807) is 24.3 Å². The number of aromatic nitrogens is 1. The van der Waals surface area contributed by atoms with Gasteiger partial charge in [-0.2, -0.15) is 0 Å². The lowest BCUT2D eigenvalue weighted by Gasteiger charge is -2.19. The molecule has 0 spiro atoms. The standard InChI is InChI=1S/C17H12BrClF2N2/c1-9(10-4-2-3-5-14(10)20)23-17-11-6-12(18)15(21)7-16(11)22-8-13(17)19/h2-9H,1H3,(H,22,23). The number of anilines is 1. The van der Waals surface area contributed by atoms with Crippen molar-refractivity contribution in [2.75, 3.05) is 5.32 Å². The monoisotopic (exact) mass is 396 g/mol. The highest BCUT2D eigenvalue weighted by Crippen LogP contribution is 2.35. The second kappa shape index (κ2) is 6.42. The first-order valence-electron chi connectivity index (χ1n) is 6.91. The van der Waals surface area contributed by atoms with Crippen LogP contribution in [0.1, 0.15) is 18.5 Å². The molecule has 1 unspecified atom stereocenters. The van der Waals surface area contributed by atoms with E-state index in [9.17, 15) is 8.78 Å². The number of halogens is 4. The molecule has 0 radical (unpaired) electrons. The summed E-state index contributed by atoms with van der Waals surface area (Å²) in [5.41, 5.74) is 1.58. The zero-order valence-corrected chi connectivity index (χ0v) is 14.4. The minimum absolute atomic E-state index is 0.297. The normalized spacial score (nSPS) is 12.4. The largest absolute Gasteiger partial charge is 0.377 e. The number of nitrogens with zero attached hydrogens (tertiary/aromatic N) is 1. The molecule has 0 aliphatic heterocycles. The number of pyridine rings is 1. The lowest BCUT2D eigenvalue weighted by Crippen LogP contribution is -2.09. The van der Waals surface area contributed by atoms with E-state index < -0.39 is 5.82 Å². The van der Waals surface area contributed by atoms with Crippen molar-refractivity contribution in [3.8, 4) is 0 Å². The van der Waals surface area contributed by atoms with Crippen molar-refractivity contribution in [1.82, 2.24) is 4.98 Å². The summed E-state index contributed by atoms with van der Waals surface area (Å²) < 4.78 is 27.9. The van der Waals surface area contributed by atoms with Crippen molar-refractivity contribution < 1.29 is 8.78 Å². The van der Waals surface area contributed by atoms with Gasteiger partial charge >= 0.3 is 0 Å². The molecule has 2 aromatic carbocycles. The van der Waals surface area contributed by atoms with E-state index in [1.807, 2.05) is 6.92 Å². The molecule has 1 heterocycles. The summed E-state index contributed by atoms with van der Waals surface area (Å²) in [6.45, 7) is 1.83. The summed E-state index contributed by atoms with van der Waals surface area (Å²) in [5.74, 6) is -0.699. The summed E-state index contributed by atoms with van der Waals surface area (Å²) in [5, 5.41) is 4.25. The first-order chi connectivity index (χ1) is 11.0. The van der Waals surface area contributed by atoms with Crippen LogP contribution in [0, 0.1) is 11.6 Å². The van der Waals surface area contributed by atoms with E-state index in [1.165, 1.54) is 18.3 Å². The third kappa shape index (κ3) is 3.16. The molecule has 1 atom stereocenters. The van der Waals surface area contributed by atoms with Gasteiger partial charge in [-0.1, -0.05) is 29.8 Å². The van der Waals surface area contributed by atoms with Gasteiger partial charge in [-0.25, -0.2) is 8.78 Å². The Hall–Kier alpha value is -1.72. The quantitative estimate of drug-likeness (QED) is 0.577.